The van der Waals surface area contributed by atoms with E-state index in [0.717, 1.165) is 0 Å². The summed E-state index contributed by atoms with van der Waals surface area (Å²) in [5, 5.41) is 12.9. The van der Waals surface area contributed by atoms with Crippen molar-refractivity contribution in [2.24, 2.45) is 0 Å². The monoisotopic (exact) mass is 397 g/mol. The third-order valence-corrected chi connectivity index (χ3v) is 5.12. The summed E-state index contributed by atoms with van der Waals surface area (Å²) in [6, 6.07) is 6.79. The normalized spacial score (nSPS) is 19.3. The van der Waals surface area contributed by atoms with Crippen LogP contribution in [0.15, 0.2) is 35.3 Å². The van der Waals surface area contributed by atoms with Gasteiger partial charge in [-0.3, -0.25) is 9.59 Å². The molecule has 3 aromatic rings. The first-order valence-corrected chi connectivity index (χ1v) is 9.14. The molecule has 2 N–H and O–H groups in total. The molecule has 2 aromatic heterocycles. The van der Waals surface area contributed by atoms with Crippen LogP contribution in [0.25, 0.3) is 21.7 Å². The quantitative estimate of drug-likeness (QED) is 0.661. The Kier molecular flexibility index (Phi) is 4.84. The first-order chi connectivity index (χ1) is 14.0. The maximum Gasteiger partial charge on any atom is 0.258 e. The molecule has 0 unspecified atom stereocenters. The van der Waals surface area contributed by atoms with Crippen LogP contribution in [0.2, 0.25) is 0 Å². The average molecular weight is 397 g/mol. The van der Waals surface area contributed by atoms with Crippen molar-refractivity contribution in [1.82, 2.24) is 14.9 Å². The number of hydrogen-bond donors (Lipinski definition) is 2. The van der Waals surface area contributed by atoms with Crippen molar-refractivity contribution in [2.75, 3.05) is 18.4 Å². The second-order valence-electron chi connectivity index (χ2n) is 6.95. The van der Waals surface area contributed by atoms with Crippen molar-refractivity contribution in [3.05, 3.63) is 46.6 Å². The molecule has 0 bridgehead atoms. The van der Waals surface area contributed by atoms with Crippen molar-refractivity contribution in [3.8, 4) is 6.07 Å². The maximum absolute atomic E-state index is 14.7. The van der Waals surface area contributed by atoms with Crippen LogP contribution in [0.3, 0.4) is 0 Å². The lowest BCUT2D eigenvalue weighted by Crippen LogP contribution is -2.49. The van der Waals surface area contributed by atoms with Gasteiger partial charge in [0.05, 0.1) is 29.6 Å². The summed E-state index contributed by atoms with van der Waals surface area (Å²) in [6.07, 6.45) is 0.139. The van der Waals surface area contributed by atoms with E-state index >= 15 is 0 Å². The van der Waals surface area contributed by atoms with Crippen LogP contribution >= 0.6 is 0 Å². The number of anilines is 1. The van der Waals surface area contributed by atoms with Crippen molar-refractivity contribution in [3.63, 3.8) is 0 Å². The molecule has 29 heavy (non-hydrogen) atoms. The number of carbonyl (C=O) groups is 1. The van der Waals surface area contributed by atoms with E-state index in [-0.39, 0.29) is 23.9 Å². The number of aromatic nitrogens is 2. The molecule has 3 heterocycles. The van der Waals surface area contributed by atoms with Gasteiger partial charge in [-0.2, -0.15) is 5.26 Å². The Bertz CT molecular complexity index is 1200. The zero-order chi connectivity index (χ0) is 20.5. The highest BCUT2D eigenvalue weighted by Crippen LogP contribution is 2.30. The summed E-state index contributed by atoms with van der Waals surface area (Å²) in [4.78, 5) is 32.4. The Morgan fingerprint density at radius 3 is 2.97 bits per heavy atom. The summed E-state index contributed by atoms with van der Waals surface area (Å²) >= 11 is 0. The fourth-order valence-electron chi connectivity index (χ4n) is 3.69. The maximum atomic E-state index is 14.7. The summed E-state index contributed by atoms with van der Waals surface area (Å²) in [5.74, 6) is -0.535. The highest BCUT2D eigenvalue weighted by atomic mass is 19.1. The average Bonchev–Trinajstić information content (AvgIpc) is 2.69. The van der Waals surface area contributed by atoms with Gasteiger partial charge in [0.25, 0.3) is 5.56 Å². The molecule has 4 rings (SSSR count). The van der Waals surface area contributed by atoms with Gasteiger partial charge in [-0.1, -0.05) is 0 Å². The number of rotatable bonds is 3. The minimum Gasteiger partial charge on any atom is -0.364 e. The summed E-state index contributed by atoms with van der Waals surface area (Å²) in [5.41, 5.74) is -0.0174. The predicted octanol–water partition coefficient (Wildman–Crippen LogP) is 2.48. The molecule has 1 aliphatic heterocycles. The molecule has 0 saturated carbocycles. The molecule has 2 atom stereocenters. The number of amides is 1. The highest BCUT2D eigenvalue weighted by molar-refractivity contribution is 6.09. The van der Waals surface area contributed by atoms with Gasteiger partial charge in [0.15, 0.2) is 0 Å². The second kappa shape index (κ2) is 7.47. The van der Waals surface area contributed by atoms with E-state index in [1.807, 2.05) is 0 Å². The van der Waals surface area contributed by atoms with E-state index in [9.17, 15) is 18.4 Å². The zero-order valence-corrected chi connectivity index (χ0v) is 15.3. The number of hydrogen-bond acceptors (Lipinski definition) is 5. The Morgan fingerprint density at radius 2 is 2.21 bits per heavy atom. The molecule has 7 nitrogen and oxygen atoms in total. The molecule has 0 radical (unpaired) electrons. The number of likely N-dealkylation sites (tertiary alicyclic amines) is 1. The van der Waals surface area contributed by atoms with Crippen LogP contribution in [-0.2, 0) is 4.79 Å². The van der Waals surface area contributed by atoms with Crippen LogP contribution in [0, 0.1) is 17.1 Å². The lowest BCUT2D eigenvalue weighted by molar-refractivity contribution is -0.132. The van der Waals surface area contributed by atoms with Crippen LogP contribution in [0.5, 0.6) is 0 Å². The molecule has 148 valence electrons. The van der Waals surface area contributed by atoms with E-state index in [2.05, 4.69) is 15.3 Å². The number of fused-ring (bicyclic) bond motifs is 3. The standard InChI is InChI=1S/C20H17F2N5O2/c21-11-1-2-12-13(9-11)18-16(4-7-24-20(18)29)26-19(12)25-15-5-8-27(10-14(15)22)17(28)3-6-23/h1-2,4,7,9,14-15H,3,5,8,10H2,(H,24,29)(H,25,26)/t14-,15-/m0/s1. The number of carbonyl (C=O) groups excluding carboxylic acids is 1. The van der Waals surface area contributed by atoms with Crippen molar-refractivity contribution >= 4 is 33.4 Å². The molecule has 9 heteroatoms. The molecule has 0 spiro atoms. The van der Waals surface area contributed by atoms with E-state index < -0.39 is 23.9 Å². The number of H-pyrrole nitrogens is 1. The molecular weight excluding hydrogens is 380 g/mol. The fourth-order valence-corrected chi connectivity index (χ4v) is 3.69. The number of halogens is 2. The molecule has 1 amide bonds. The van der Waals surface area contributed by atoms with E-state index in [0.29, 0.717) is 35.1 Å². The molecular formula is C20H17F2N5O2. The van der Waals surface area contributed by atoms with Crippen LogP contribution < -0.4 is 10.9 Å². The lowest BCUT2D eigenvalue weighted by atomic mass is 10.0. The number of aromatic amines is 1. The minimum absolute atomic E-state index is 0.113. The van der Waals surface area contributed by atoms with Gasteiger partial charge in [-0.25, -0.2) is 13.8 Å². The summed E-state index contributed by atoms with van der Waals surface area (Å²) in [6.45, 7) is 0.205. The van der Waals surface area contributed by atoms with Gasteiger partial charge in [-0.05, 0) is 30.7 Å². The third kappa shape index (κ3) is 3.49. The van der Waals surface area contributed by atoms with E-state index in [4.69, 9.17) is 5.26 Å². The van der Waals surface area contributed by atoms with Crippen molar-refractivity contribution in [1.29, 1.82) is 5.26 Å². The molecule has 1 aliphatic rings. The van der Waals surface area contributed by atoms with Crippen LogP contribution in [-0.4, -0.2) is 46.1 Å². The molecule has 1 aromatic carbocycles. The van der Waals surface area contributed by atoms with Gasteiger partial charge >= 0.3 is 0 Å². The Balaban J connectivity index is 1.69. The smallest absolute Gasteiger partial charge is 0.258 e. The lowest BCUT2D eigenvalue weighted by Gasteiger charge is -2.35. The fraction of sp³-hybridized carbons (Fsp3) is 0.300. The number of nitriles is 1. The third-order valence-electron chi connectivity index (χ3n) is 5.12. The van der Waals surface area contributed by atoms with Gasteiger partial charge < -0.3 is 15.2 Å². The number of piperidine rings is 1. The van der Waals surface area contributed by atoms with Crippen molar-refractivity contribution in [2.45, 2.75) is 25.1 Å². The largest absolute Gasteiger partial charge is 0.364 e. The van der Waals surface area contributed by atoms with Gasteiger partial charge in [0, 0.05) is 23.5 Å². The predicted molar refractivity (Wildman–Crippen MR) is 104 cm³/mol. The number of benzene rings is 1. The van der Waals surface area contributed by atoms with E-state index in [1.54, 1.807) is 12.1 Å². The number of pyridine rings is 2. The van der Waals surface area contributed by atoms with Crippen LogP contribution in [0.1, 0.15) is 12.8 Å². The topological polar surface area (TPSA) is 102 Å². The highest BCUT2D eigenvalue weighted by Gasteiger charge is 2.32. The SMILES string of the molecule is N#CCC(=O)N1CC[C@H](Nc2nc3cc[nH]c(=O)c3c3cc(F)ccc23)[C@@H](F)C1. The summed E-state index contributed by atoms with van der Waals surface area (Å²) in [7, 11) is 0. The van der Waals surface area contributed by atoms with Gasteiger partial charge in [0.2, 0.25) is 5.91 Å². The van der Waals surface area contributed by atoms with Crippen LogP contribution in [0.4, 0.5) is 14.6 Å². The van der Waals surface area contributed by atoms with Crippen molar-refractivity contribution < 1.29 is 13.6 Å². The first-order valence-electron chi connectivity index (χ1n) is 9.14. The zero-order valence-electron chi connectivity index (χ0n) is 15.3. The number of alkyl halides is 1. The van der Waals surface area contributed by atoms with Gasteiger partial charge in [-0.15, -0.1) is 0 Å². The molecule has 0 aliphatic carbocycles. The molecule has 1 fully saturated rings. The first kappa shape index (κ1) is 18.8. The summed E-state index contributed by atoms with van der Waals surface area (Å²) < 4.78 is 28.6. The van der Waals surface area contributed by atoms with E-state index in [1.165, 1.54) is 29.3 Å². The van der Waals surface area contributed by atoms with Gasteiger partial charge in [0.1, 0.15) is 24.2 Å². The Hall–Kier alpha value is -3.54. The second-order valence-corrected chi connectivity index (χ2v) is 6.95. The molecule has 1 saturated heterocycles. The Morgan fingerprint density at radius 1 is 1.38 bits per heavy atom. The number of nitrogens with zero attached hydrogens (tertiary/aromatic N) is 3. The number of nitrogens with one attached hydrogen (secondary N) is 2. The minimum atomic E-state index is -1.36. The Labute approximate surface area is 164 Å².